The smallest absolute Gasteiger partial charge is 0.165 e. The summed E-state index contributed by atoms with van der Waals surface area (Å²) in [7, 11) is 0. The van der Waals surface area contributed by atoms with E-state index in [1.165, 1.54) is 6.08 Å². The summed E-state index contributed by atoms with van der Waals surface area (Å²) in [5.41, 5.74) is 0. The van der Waals surface area contributed by atoms with Gasteiger partial charge in [-0.1, -0.05) is 30.9 Å². The van der Waals surface area contributed by atoms with Gasteiger partial charge in [0.15, 0.2) is 5.78 Å². The van der Waals surface area contributed by atoms with Gasteiger partial charge in [0.1, 0.15) is 0 Å². The summed E-state index contributed by atoms with van der Waals surface area (Å²) in [6.45, 7) is 3.39. The van der Waals surface area contributed by atoms with Crippen molar-refractivity contribution in [2.45, 2.75) is 0 Å². The number of hydrogen-bond acceptors (Lipinski definition) is 1. The van der Waals surface area contributed by atoms with Crippen LogP contribution in [0.25, 0.3) is 0 Å². The van der Waals surface area contributed by atoms with E-state index in [0.29, 0.717) is 0 Å². The molecule has 1 aliphatic carbocycles. The van der Waals surface area contributed by atoms with Crippen LogP contribution < -0.4 is 0 Å². The zero-order chi connectivity index (χ0) is 6.69. The van der Waals surface area contributed by atoms with Gasteiger partial charge >= 0.3 is 0 Å². The third-order valence-electron chi connectivity index (χ3n) is 1.28. The van der Waals surface area contributed by atoms with Crippen molar-refractivity contribution < 1.29 is 4.79 Å². The van der Waals surface area contributed by atoms with Crippen molar-refractivity contribution in [2.24, 2.45) is 5.92 Å². The fourth-order valence-corrected chi connectivity index (χ4v) is 0.758. The Morgan fingerprint density at radius 3 is 2.44 bits per heavy atom. The van der Waals surface area contributed by atoms with Crippen molar-refractivity contribution in [2.75, 3.05) is 0 Å². The molecule has 0 fully saturated rings. The van der Waals surface area contributed by atoms with E-state index >= 15 is 0 Å². The number of ketones is 1. The van der Waals surface area contributed by atoms with Gasteiger partial charge < -0.3 is 0 Å². The summed E-state index contributed by atoms with van der Waals surface area (Å²) in [5, 5.41) is 0. The zero-order valence-electron chi connectivity index (χ0n) is 5.08. The van der Waals surface area contributed by atoms with E-state index in [2.05, 4.69) is 6.58 Å². The third kappa shape index (κ3) is 1.17. The molecule has 0 unspecified atom stereocenters. The van der Waals surface area contributed by atoms with Crippen molar-refractivity contribution in [3.8, 4) is 0 Å². The highest BCUT2D eigenvalue weighted by atomic mass is 16.1. The highest BCUT2D eigenvalue weighted by Gasteiger charge is 2.08. The Hall–Kier alpha value is -1.11. The summed E-state index contributed by atoms with van der Waals surface area (Å²) < 4.78 is 0. The molecule has 0 saturated heterocycles. The molecule has 46 valence electrons. The maximum atomic E-state index is 10.8. The molecule has 1 nitrogen and oxygen atoms in total. The molecular formula is C8H8O. The largest absolute Gasteiger partial charge is 0.294 e. The SMILES string of the molecule is C=CC(=O)C1C=CC=C1. The van der Waals surface area contributed by atoms with Crippen molar-refractivity contribution in [3.05, 3.63) is 37.0 Å². The molecule has 0 radical (unpaired) electrons. The minimum absolute atomic E-state index is 0.0394. The summed E-state index contributed by atoms with van der Waals surface area (Å²) in [6.07, 6.45) is 8.79. The lowest BCUT2D eigenvalue weighted by Crippen LogP contribution is -2.02. The molecule has 1 heteroatoms. The third-order valence-corrected chi connectivity index (χ3v) is 1.28. The Kier molecular flexibility index (Phi) is 1.63. The lowest BCUT2D eigenvalue weighted by molar-refractivity contribution is -0.115. The van der Waals surface area contributed by atoms with Gasteiger partial charge in [0.25, 0.3) is 0 Å². The molecule has 0 amide bonds. The van der Waals surface area contributed by atoms with Crippen LogP contribution >= 0.6 is 0 Å². The van der Waals surface area contributed by atoms with Crippen molar-refractivity contribution >= 4 is 5.78 Å². The molecule has 0 bridgehead atoms. The van der Waals surface area contributed by atoms with Gasteiger partial charge in [-0.05, 0) is 6.08 Å². The molecule has 0 heterocycles. The summed E-state index contributed by atoms with van der Waals surface area (Å²) in [4.78, 5) is 10.8. The molecule has 0 aliphatic heterocycles. The van der Waals surface area contributed by atoms with E-state index in [4.69, 9.17) is 0 Å². The lowest BCUT2D eigenvalue weighted by Gasteiger charge is -1.95. The number of hydrogen-bond donors (Lipinski definition) is 0. The molecule has 0 spiro atoms. The molecule has 1 rings (SSSR count). The molecule has 0 aromatic carbocycles. The second-order valence-electron chi connectivity index (χ2n) is 1.90. The topological polar surface area (TPSA) is 17.1 Å². The Morgan fingerprint density at radius 2 is 2.00 bits per heavy atom. The number of allylic oxidation sites excluding steroid dienone is 5. The Balaban J connectivity index is 2.63. The van der Waals surface area contributed by atoms with Crippen LogP contribution in [0, 0.1) is 5.92 Å². The zero-order valence-corrected chi connectivity index (χ0v) is 5.08. The first-order chi connectivity index (χ1) is 4.34. The van der Waals surface area contributed by atoms with Crippen molar-refractivity contribution in [1.82, 2.24) is 0 Å². The van der Waals surface area contributed by atoms with Gasteiger partial charge in [-0.15, -0.1) is 0 Å². The van der Waals surface area contributed by atoms with Gasteiger partial charge in [0.2, 0.25) is 0 Å². The fraction of sp³-hybridized carbons (Fsp3) is 0.125. The monoisotopic (exact) mass is 120 g/mol. The van der Waals surface area contributed by atoms with Crippen molar-refractivity contribution in [3.63, 3.8) is 0 Å². The van der Waals surface area contributed by atoms with Gasteiger partial charge in [0, 0.05) is 0 Å². The van der Waals surface area contributed by atoms with Crippen LogP contribution in [0.4, 0.5) is 0 Å². The maximum Gasteiger partial charge on any atom is 0.165 e. The lowest BCUT2D eigenvalue weighted by atomic mass is 10.1. The highest BCUT2D eigenvalue weighted by Crippen LogP contribution is 2.09. The predicted octanol–water partition coefficient (Wildman–Crippen LogP) is 1.48. The quantitative estimate of drug-likeness (QED) is 0.504. The van der Waals surface area contributed by atoms with Crippen LogP contribution in [0.5, 0.6) is 0 Å². The van der Waals surface area contributed by atoms with Gasteiger partial charge in [-0.2, -0.15) is 0 Å². The van der Waals surface area contributed by atoms with Crippen LogP contribution in [0.1, 0.15) is 0 Å². The Bertz CT molecular complexity index is 175. The van der Waals surface area contributed by atoms with Crippen molar-refractivity contribution in [1.29, 1.82) is 0 Å². The molecule has 0 aromatic rings. The molecule has 0 atom stereocenters. The molecule has 0 N–H and O–H groups in total. The first-order valence-electron chi connectivity index (χ1n) is 2.86. The molecule has 0 aromatic heterocycles. The molecule has 1 aliphatic rings. The van der Waals surface area contributed by atoms with E-state index in [1.807, 2.05) is 24.3 Å². The standard InChI is InChI=1S/C8H8O/c1-2-8(9)7-5-3-4-6-7/h2-7H,1H2. The average molecular weight is 120 g/mol. The summed E-state index contributed by atoms with van der Waals surface area (Å²) in [5.74, 6) is 0.0301. The van der Waals surface area contributed by atoms with Gasteiger partial charge in [0.05, 0.1) is 5.92 Å². The first-order valence-corrected chi connectivity index (χ1v) is 2.86. The normalized spacial score (nSPS) is 16.4. The predicted molar refractivity (Wildman–Crippen MR) is 37.0 cm³/mol. The first kappa shape index (κ1) is 6.02. The van der Waals surface area contributed by atoms with Crippen LogP contribution in [-0.4, -0.2) is 5.78 Å². The van der Waals surface area contributed by atoms with Gasteiger partial charge in [-0.25, -0.2) is 0 Å². The molecular weight excluding hydrogens is 112 g/mol. The average Bonchev–Trinajstić information content (AvgIpc) is 2.37. The number of rotatable bonds is 2. The minimum atomic E-state index is -0.0394. The Labute approximate surface area is 54.4 Å². The van der Waals surface area contributed by atoms with Gasteiger partial charge in [-0.3, -0.25) is 4.79 Å². The highest BCUT2D eigenvalue weighted by molar-refractivity contribution is 5.94. The van der Waals surface area contributed by atoms with E-state index in [9.17, 15) is 4.79 Å². The summed E-state index contributed by atoms with van der Waals surface area (Å²) >= 11 is 0. The van der Waals surface area contributed by atoms with Crippen LogP contribution in [0.3, 0.4) is 0 Å². The van der Waals surface area contributed by atoms with E-state index in [-0.39, 0.29) is 11.7 Å². The van der Waals surface area contributed by atoms with Crippen LogP contribution in [-0.2, 0) is 4.79 Å². The van der Waals surface area contributed by atoms with Crippen LogP contribution in [0.2, 0.25) is 0 Å². The second-order valence-corrected chi connectivity index (χ2v) is 1.90. The van der Waals surface area contributed by atoms with E-state index in [1.54, 1.807) is 0 Å². The fourth-order valence-electron chi connectivity index (χ4n) is 0.758. The van der Waals surface area contributed by atoms with E-state index < -0.39 is 0 Å². The van der Waals surface area contributed by atoms with E-state index in [0.717, 1.165) is 0 Å². The second kappa shape index (κ2) is 2.44. The maximum absolute atomic E-state index is 10.8. The molecule has 0 saturated carbocycles. The molecule has 9 heavy (non-hydrogen) atoms. The summed E-state index contributed by atoms with van der Waals surface area (Å²) in [6, 6.07) is 0. The van der Waals surface area contributed by atoms with Crippen LogP contribution in [0.15, 0.2) is 37.0 Å². The minimum Gasteiger partial charge on any atom is -0.294 e. The Morgan fingerprint density at radius 1 is 1.44 bits per heavy atom. The number of carbonyl (C=O) groups is 1. The number of carbonyl (C=O) groups excluding carboxylic acids is 1.